The van der Waals surface area contributed by atoms with Gasteiger partial charge in [-0.3, -0.25) is 0 Å². The van der Waals surface area contributed by atoms with E-state index in [-0.39, 0.29) is 11.3 Å². The van der Waals surface area contributed by atoms with Crippen LogP contribution in [0.1, 0.15) is 40.0 Å². The molecule has 2 N–H and O–H groups in total. The van der Waals surface area contributed by atoms with Gasteiger partial charge in [-0.15, -0.1) is 0 Å². The lowest BCUT2D eigenvalue weighted by Crippen LogP contribution is -2.46. The Balaban J connectivity index is 2.56. The van der Waals surface area contributed by atoms with E-state index in [9.17, 15) is 8.42 Å². The van der Waals surface area contributed by atoms with Crippen LogP contribution in [0.5, 0.6) is 0 Å². The molecule has 0 amide bonds. The molecule has 0 saturated carbocycles. The third-order valence-electron chi connectivity index (χ3n) is 3.57. The van der Waals surface area contributed by atoms with Gasteiger partial charge < -0.3 is 5.32 Å². The Hall–Kier alpha value is -0.130. The fourth-order valence-electron chi connectivity index (χ4n) is 1.93. The van der Waals surface area contributed by atoms with Crippen LogP contribution in [0.3, 0.4) is 0 Å². The molecule has 1 aliphatic rings. The van der Waals surface area contributed by atoms with Gasteiger partial charge >= 0.3 is 0 Å². The van der Waals surface area contributed by atoms with E-state index in [2.05, 4.69) is 23.9 Å². The number of nitrogens with one attached hydrogen (secondary N) is 2. The van der Waals surface area contributed by atoms with Gasteiger partial charge in [-0.2, -0.15) is 0 Å². The van der Waals surface area contributed by atoms with Crippen LogP contribution in [0.15, 0.2) is 0 Å². The smallest absolute Gasteiger partial charge is 0.214 e. The maximum absolute atomic E-state index is 12.1. The normalized spacial score (nSPS) is 22.9. The zero-order valence-corrected chi connectivity index (χ0v) is 11.3. The van der Waals surface area contributed by atoms with Gasteiger partial charge in [0.15, 0.2) is 0 Å². The molecule has 4 nitrogen and oxygen atoms in total. The maximum atomic E-state index is 12.1. The molecule has 1 aliphatic heterocycles. The summed E-state index contributed by atoms with van der Waals surface area (Å²) in [5.41, 5.74) is 0. The monoisotopic (exact) mass is 248 g/mol. The van der Waals surface area contributed by atoms with Crippen molar-refractivity contribution in [1.29, 1.82) is 0 Å². The average Bonchev–Trinajstić information content (AvgIpc) is 2.28. The summed E-state index contributed by atoms with van der Waals surface area (Å²) in [5, 5.41) is 2.97. The van der Waals surface area contributed by atoms with E-state index in [0.717, 1.165) is 32.4 Å². The highest BCUT2D eigenvalue weighted by molar-refractivity contribution is 7.90. The van der Waals surface area contributed by atoms with Gasteiger partial charge in [0, 0.05) is 6.04 Å². The third kappa shape index (κ3) is 3.71. The van der Waals surface area contributed by atoms with Crippen LogP contribution in [0.2, 0.25) is 0 Å². The summed E-state index contributed by atoms with van der Waals surface area (Å²) in [5.74, 6) is 0.386. The topological polar surface area (TPSA) is 58.2 Å². The third-order valence-corrected chi connectivity index (χ3v) is 5.62. The van der Waals surface area contributed by atoms with Crippen LogP contribution in [-0.2, 0) is 10.0 Å². The maximum Gasteiger partial charge on any atom is 0.214 e. The molecule has 1 rings (SSSR count). The molecule has 0 bridgehead atoms. The first-order valence-corrected chi connectivity index (χ1v) is 7.74. The molecule has 1 fully saturated rings. The summed E-state index contributed by atoms with van der Waals surface area (Å²) >= 11 is 0. The molecule has 0 aliphatic carbocycles. The summed E-state index contributed by atoms with van der Waals surface area (Å²) in [6, 6.07) is 0.0323. The summed E-state index contributed by atoms with van der Waals surface area (Å²) in [4.78, 5) is 0. The van der Waals surface area contributed by atoms with Crippen molar-refractivity contribution in [2.24, 2.45) is 5.92 Å². The Bertz CT molecular complexity index is 297. The average molecular weight is 248 g/mol. The highest BCUT2D eigenvalue weighted by Gasteiger charge is 2.29. The standard InChI is InChI=1S/C11H24N2O2S/c1-4-9(2)10(3)13-16(14,15)11-5-7-12-8-6-11/h9-13H,4-8H2,1-3H3. The second-order valence-electron chi connectivity index (χ2n) is 4.79. The van der Waals surface area contributed by atoms with Crippen molar-refractivity contribution in [2.75, 3.05) is 13.1 Å². The van der Waals surface area contributed by atoms with Crippen LogP contribution in [0.25, 0.3) is 0 Å². The Labute approximate surface area is 99.2 Å². The zero-order chi connectivity index (χ0) is 12.2. The Morgan fingerprint density at radius 2 is 1.88 bits per heavy atom. The fraction of sp³-hybridized carbons (Fsp3) is 1.00. The van der Waals surface area contributed by atoms with E-state index in [0.29, 0.717) is 5.92 Å². The van der Waals surface area contributed by atoms with Gasteiger partial charge in [-0.05, 0) is 38.8 Å². The summed E-state index contributed by atoms with van der Waals surface area (Å²) < 4.78 is 27.0. The van der Waals surface area contributed by atoms with Crippen molar-refractivity contribution >= 4 is 10.0 Å². The molecule has 1 saturated heterocycles. The first-order valence-electron chi connectivity index (χ1n) is 6.19. The second-order valence-corrected chi connectivity index (χ2v) is 6.78. The number of rotatable bonds is 5. The molecular weight excluding hydrogens is 224 g/mol. The quantitative estimate of drug-likeness (QED) is 0.766. The molecule has 2 atom stereocenters. The van der Waals surface area contributed by atoms with Crippen molar-refractivity contribution in [1.82, 2.24) is 10.0 Å². The highest BCUT2D eigenvalue weighted by atomic mass is 32.2. The summed E-state index contributed by atoms with van der Waals surface area (Å²) in [7, 11) is -3.13. The minimum absolute atomic E-state index is 0.0323. The summed E-state index contributed by atoms with van der Waals surface area (Å²) in [6.45, 7) is 7.73. The first kappa shape index (κ1) is 13.9. The lowest BCUT2D eigenvalue weighted by molar-refractivity contribution is 0.423. The molecule has 96 valence electrons. The van der Waals surface area contributed by atoms with Crippen LogP contribution in [0, 0.1) is 5.92 Å². The van der Waals surface area contributed by atoms with E-state index in [1.807, 2.05) is 6.92 Å². The predicted octanol–water partition coefficient (Wildman–Crippen LogP) is 1.09. The predicted molar refractivity (Wildman–Crippen MR) is 66.9 cm³/mol. The number of piperidine rings is 1. The molecule has 16 heavy (non-hydrogen) atoms. The minimum Gasteiger partial charge on any atom is -0.317 e. The second kappa shape index (κ2) is 5.98. The number of hydrogen-bond donors (Lipinski definition) is 2. The minimum atomic E-state index is -3.13. The highest BCUT2D eigenvalue weighted by Crippen LogP contribution is 2.15. The molecule has 0 radical (unpaired) electrons. The molecule has 1 heterocycles. The van der Waals surface area contributed by atoms with Crippen molar-refractivity contribution in [3.63, 3.8) is 0 Å². The lowest BCUT2D eigenvalue weighted by Gasteiger charge is -2.26. The number of hydrogen-bond acceptors (Lipinski definition) is 3. The SMILES string of the molecule is CCC(C)C(C)NS(=O)(=O)C1CCNCC1. The van der Waals surface area contributed by atoms with Gasteiger partial charge in [-0.1, -0.05) is 20.3 Å². The Kier molecular flexibility index (Phi) is 5.21. The van der Waals surface area contributed by atoms with Gasteiger partial charge in [0.2, 0.25) is 10.0 Å². The van der Waals surface area contributed by atoms with Gasteiger partial charge in [0.05, 0.1) is 5.25 Å². The zero-order valence-electron chi connectivity index (χ0n) is 10.5. The largest absolute Gasteiger partial charge is 0.317 e. The Morgan fingerprint density at radius 1 is 1.31 bits per heavy atom. The molecule has 0 spiro atoms. The molecule has 0 aromatic heterocycles. The summed E-state index contributed by atoms with van der Waals surface area (Å²) in [6.07, 6.45) is 2.45. The van der Waals surface area contributed by atoms with Crippen molar-refractivity contribution in [2.45, 2.75) is 51.3 Å². The van der Waals surface area contributed by atoms with Crippen molar-refractivity contribution < 1.29 is 8.42 Å². The van der Waals surface area contributed by atoms with E-state index in [4.69, 9.17) is 0 Å². The van der Waals surface area contributed by atoms with Crippen LogP contribution in [0.4, 0.5) is 0 Å². The van der Waals surface area contributed by atoms with E-state index >= 15 is 0 Å². The van der Waals surface area contributed by atoms with Crippen molar-refractivity contribution in [3.8, 4) is 0 Å². The molecule has 5 heteroatoms. The van der Waals surface area contributed by atoms with Crippen molar-refractivity contribution in [3.05, 3.63) is 0 Å². The van der Waals surface area contributed by atoms with E-state index in [1.54, 1.807) is 0 Å². The van der Waals surface area contributed by atoms with Gasteiger partial charge in [0.25, 0.3) is 0 Å². The molecule has 0 aromatic carbocycles. The van der Waals surface area contributed by atoms with Gasteiger partial charge in [-0.25, -0.2) is 13.1 Å². The van der Waals surface area contributed by atoms with Crippen LogP contribution in [-0.4, -0.2) is 32.8 Å². The molecular formula is C11H24N2O2S. The van der Waals surface area contributed by atoms with Crippen LogP contribution < -0.4 is 10.0 Å². The first-order chi connectivity index (χ1) is 7.47. The van der Waals surface area contributed by atoms with E-state index in [1.165, 1.54) is 0 Å². The fourth-order valence-corrected chi connectivity index (χ4v) is 3.73. The molecule has 0 aromatic rings. The van der Waals surface area contributed by atoms with Crippen LogP contribution >= 0.6 is 0 Å². The molecule has 2 unspecified atom stereocenters. The van der Waals surface area contributed by atoms with Gasteiger partial charge in [0.1, 0.15) is 0 Å². The Morgan fingerprint density at radius 3 is 2.38 bits per heavy atom. The van der Waals surface area contributed by atoms with E-state index < -0.39 is 10.0 Å². The lowest BCUT2D eigenvalue weighted by atomic mass is 10.0. The number of sulfonamides is 1.